The molecular formula is C18H25N3. The van der Waals surface area contributed by atoms with Gasteiger partial charge in [0, 0.05) is 12.6 Å². The van der Waals surface area contributed by atoms with Gasteiger partial charge in [0.05, 0.1) is 17.1 Å². The Kier molecular flexibility index (Phi) is 3.26. The van der Waals surface area contributed by atoms with E-state index in [9.17, 15) is 0 Å². The summed E-state index contributed by atoms with van der Waals surface area (Å²) in [6.45, 7) is 5.38. The lowest BCUT2D eigenvalue weighted by molar-refractivity contribution is 0.325. The second kappa shape index (κ2) is 5.13. The Hall–Kier alpha value is -1.35. The molecule has 1 aromatic heterocycles. The molecule has 0 spiro atoms. The predicted molar refractivity (Wildman–Crippen MR) is 86.4 cm³/mol. The lowest BCUT2D eigenvalue weighted by atomic mass is 9.85. The minimum atomic E-state index is 0.450. The SMILES string of the molecule is CCn1c(C2CC3CCCCC3N2)nc2cc(C)ccc21. The summed E-state index contributed by atoms with van der Waals surface area (Å²) < 4.78 is 2.41. The van der Waals surface area contributed by atoms with Gasteiger partial charge >= 0.3 is 0 Å². The standard InChI is InChI=1S/C18H25N3/c1-3-21-17-9-8-12(2)10-15(17)20-18(21)16-11-13-6-4-5-7-14(13)19-16/h8-10,13-14,16,19H,3-7,11H2,1-2H3. The molecule has 3 unspecified atom stereocenters. The van der Waals surface area contributed by atoms with Crippen molar-refractivity contribution in [1.29, 1.82) is 0 Å². The highest BCUT2D eigenvalue weighted by atomic mass is 15.1. The van der Waals surface area contributed by atoms with E-state index in [-0.39, 0.29) is 0 Å². The zero-order chi connectivity index (χ0) is 14.4. The average Bonchev–Trinajstić information content (AvgIpc) is 3.06. The number of aromatic nitrogens is 2. The van der Waals surface area contributed by atoms with Crippen molar-refractivity contribution in [3.63, 3.8) is 0 Å². The third-order valence-corrected chi connectivity index (χ3v) is 5.42. The number of aryl methyl sites for hydroxylation is 2. The lowest BCUT2D eigenvalue weighted by Gasteiger charge is -2.24. The van der Waals surface area contributed by atoms with Gasteiger partial charge in [-0.1, -0.05) is 18.9 Å². The second-order valence-corrected chi connectivity index (χ2v) is 6.81. The van der Waals surface area contributed by atoms with Gasteiger partial charge in [-0.2, -0.15) is 0 Å². The molecule has 3 heteroatoms. The number of benzene rings is 1. The van der Waals surface area contributed by atoms with Crippen molar-refractivity contribution >= 4 is 11.0 Å². The first-order valence-electron chi connectivity index (χ1n) is 8.49. The van der Waals surface area contributed by atoms with Crippen LogP contribution < -0.4 is 5.32 Å². The van der Waals surface area contributed by atoms with Crippen LogP contribution in [0.15, 0.2) is 18.2 Å². The third kappa shape index (κ3) is 2.18. The molecule has 2 aromatic rings. The molecule has 0 amide bonds. The van der Waals surface area contributed by atoms with Crippen LogP contribution in [-0.4, -0.2) is 15.6 Å². The number of rotatable bonds is 2. The topological polar surface area (TPSA) is 29.9 Å². The molecule has 21 heavy (non-hydrogen) atoms. The van der Waals surface area contributed by atoms with Crippen LogP contribution in [0.5, 0.6) is 0 Å². The molecular weight excluding hydrogens is 258 g/mol. The average molecular weight is 283 g/mol. The highest BCUT2D eigenvalue weighted by Gasteiger charge is 2.37. The number of nitrogens with zero attached hydrogens (tertiary/aromatic N) is 2. The molecule has 2 fully saturated rings. The van der Waals surface area contributed by atoms with E-state index in [0.717, 1.165) is 24.0 Å². The maximum atomic E-state index is 4.98. The fourth-order valence-corrected chi connectivity index (χ4v) is 4.38. The van der Waals surface area contributed by atoms with E-state index in [0.29, 0.717) is 6.04 Å². The van der Waals surface area contributed by atoms with E-state index in [2.05, 4.69) is 41.9 Å². The largest absolute Gasteiger partial charge is 0.327 e. The highest BCUT2D eigenvalue weighted by molar-refractivity contribution is 5.77. The molecule has 4 rings (SSSR count). The molecule has 3 atom stereocenters. The fourth-order valence-electron chi connectivity index (χ4n) is 4.38. The third-order valence-electron chi connectivity index (χ3n) is 5.42. The summed E-state index contributed by atoms with van der Waals surface area (Å²) in [7, 11) is 0. The Morgan fingerprint density at radius 2 is 2.14 bits per heavy atom. The van der Waals surface area contributed by atoms with Gasteiger partial charge in [0.2, 0.25) is 0 Å². The quantitative estimate of drug-likeness (QED) is 0.904. The van der Waals surface area contributed by atoms with Crippen LogP contribution in [-0.2, 0) is 6.54 Å². The zero-order valence-electron chi connectivity index (χ0n) is 13.1. The van der Waals surface area contributed by atoms with Gasteiger partial charge in [-0.05, 0) is 56.7 Å². The van der Waals surface area contributed by atoms with Crippen molar-refractivity contribution in [2.75, 3.05) is 0 Å². The van der Waals surface area contributed by atoms with Gasteiger partial charge in [-0.15, -0.1) is 0 Å². The normalized spacial score (nSPS) is 29.0. The molecule has 2 heterocycles. The van der Waals surface area contributed by atoms with Crippen LogP contribution in [0, 0.1) is 12.8 Å². The van der Waals surface area contributed by atoms with E-state index in [1.165, 1.54) is 49.0 Å². The molecule has 1 saturated heterocycles. The Labute approximate surface area is 126 Å². The zero-order valence-corrected chi connectivity index (χ0v) is 13.1. The fraction of sp³-hybridized carbons (Fsp3) is 0.611. The van der Waals surface area contributed by atoms with Gasteiger partial charge in [0.25, 0.3) is 0 Å². The van der Waals surface area contributed by atoms with Gasteiger partial charge < -0.3 is 9.88 Å². The maximum Gasteiger partial charge on any atom is 0.127 e. The Bertz CT molecular complexity index is 644. The van der Waals surface area contributed by atoms with Crippen LogP contribution in [0.4, 0.5) is 0 Å². The van der Waals surface area contributed by atoms with E-state index >= 15 is 0 Å². The van der Waals surface area contributed by atoms with Crippen LogP contribution in [0.1, 0.15) is 56.5 Å². The molecule has 1 aliphatic carbocycles. The minimum absolute atomic E-state index is 0.450. The Balaban J connectivity index is 1.73. The summed E-state index contributed by atoms with van der Waals surface area (Å²) in [5.41, 5.74) is 3.74. The van der Waals surface area contributed by atoms with Gasteiger partial charge in [-0.3, -0.25) is 0 Å². The molecule has 2 aliphatic rings. The van der Waals surface area contributed by atoms with Crippen LogP contribution >= 0.6 is 0 Å². The minimum Gasteiger partial charge on any atom is -0.327 e. The summed E-state index contributed by atoms with van der Waals surface area (Å²) in [6.07, 6.45) is 6.84. The van der Waals surface area contributed by atoms with Crippen molar-refractivity contribution in [3.05, 3.63) is 29.6 Å². The monoisotopic (exact) mass is 283 g/mol. The number of imidazole rings is 1. The summed E-state index contributed by atoms with van der Waals surface area (Å²) in [5, 5.41) is 3.88. The van der Waals surface area contributed by atoms with Crippen molar-refractivity contribution in [2.45, 2.75) is 64.6 Å². The molecule has 1 N–H and O–H groups in total. The van der Waals surface area contributed by atoms with Crippen LogP contribution in [0.25, 0.3) is 11.0 Å². The van der Waals surface area contributed by atoms with Crippen LogP contribution in [0.2, 0.25) is 0 Å². The van der Waals surface area contributed by atoms with Crippen molar-refractivity contribution in [2.24, 2.45) is 5.92 Å². The Morgan fingerprint density at radius 3 is 2.95 bits per heavy atom. The molecule has 0 bridgehead atoms. The first-order chi connectivity index (χ1) is 10.3. The Morgan fingerprint density at radius 1 is 1.29 bits per heavy atom. The number of hydrogen-bond acceptors (Lipinski definition) is 2. The lowest BCUT2D eigenvalue weighted by Crippen LogP contribution is -2.31. The summed E-state index contributed by atoms with van der Waals surface area (Å²) in [6, 6.07) is 7.82. The maximum absolute atomic E-state index is 4.98. The molecule has 1 aromatic carbocycles. The van der Waals surface area contributed by atoms with E-state index < -0.39 is 0 Å². The first kappa shape index (κ1) is 13.3. The molecule has 1 saturated carbocycles. The number of fused-ring (bicyclic) bond motifs is 2. The summed E-state index contributed by atoms with van der Waals surface area (Å²) in [5.74, 6) is 2.13. The van der Waals surface area contributed by atoms with E-state index in [1.807, 2.05) is 0 Å². The highest BCUT2D eigenvalue weighted by Crippen LogP contribution is 2.39. The van der Waals surface area contributed by atoms with Crippen LogP contribution in [0.3, 0.4) is 0 Å². The van der Waals surface area contributed by atoms with Crippen molar-refractivity contribution in [1.82, 2.24) is 14.9 Å². The number of hydrogen-bond donors (Lipinski definition) is 1. The van der Waals surface area contributed by atoms with Crippen molar-refractivity contribution in [3.8, 4) is 0 Å². The molecule has 1 aliphatic heterocycles. The summed E-state index contributed by atoms with van der Waals surface area (Å²) >= 11 is 0. The predicted octanol–water partition coefficient (Wildman–Crippen LogP) is 3.96. The first-order valence-corrected chi connectivity index (χ1v) is 8.49. The molecule has 0 radical (unpaired) electrons. The van der Waals surface area contributed by atoms with Gasteiger partial charge in [0.1, 0.15) is 5.82 Å². The summed E-state index contributed by atoms with van der Waals surface area (Å²) in [4.78, 5) is 4.98. The van der Waals surface area contributed by atoms with Gasteiger partial charge in [-0.25, -0.2) is 4.98 Å². The van der Waals surface area contributed by atoms with E-state index in [4.69, 9.17) is 4.98 Å². The second-order valence-electron chi connectivity index (χ2n) is 6.81. The smallest absolute Gasteiger partial charge is 0.127 e. The number of nitrogens with one attached hydrogen (secondary N) is 1. The molecule has 3 nitrogen and oxygen atoms in total. The van der Waals surface area contributed by atoms with Gasteiger partial charge in [0.15, 0.2) is 0 Å². The molecule has 112 valence electrons. The van der Waals surface area contributed by atoms with E-state index in [1.54, 1.807) is 0 Å². The van der Waals surface area contributed by atoms with Crippen molar-refractivity contribution < 1.29 is 0 Å².